The van der Waals surface area contributed by atoms with Gasteiger partial charge >= 0.3 is 5.97 Å². The van der Waals surface area contributed by atoms with Gasteiger partial charge in [-0.3, -0.25) is 4.72 Å². The minimum atomic E-state index is -0.970. The van der Waals surface area contributed by atoms with Crippen molar-refractivity contribution in [3.05, 3.63) is 101 Å². The third-order valence-corrected chi connectivity index (χ3v) is 7.56. The Bertz CT molecular complexity index is 1500. The van der Waals surface area contributed by atoms with Crippen LogP contribution < -0.4 is 14.8 Å². The van der Waals surface area contributed by atoms with Crippen molar-refractivity contribution in [1.82, 2.24) is 15.3 Å². The van der Waals surface area contributed by atoms with Crippen LogP contribution in [0.4, 0.5) is 5.95 Å². The Kier molecular flexibility index (Phi) is 10.2. The Labute approximate surface area is 253 Å². The Balaban J connectivity index is 1.57. The molecule has 0 amide bonds. The van der Waals surface area contributed by atoms with Crippen molar-refractivity contribution in [3.63, 3.8) is 0 Å². The molecule has 0 bridgehead atoms. The smallest absolute Gasteiger partial charge is 0.335 e. The van der Waals surface area contributed by atoms with Gasteiger partial charge < -0.3 is 15.2 Å². The highest BCUT2D eigenvalue weighted by Gasteiger charge is 2.20. The van der Waals surface area contributed by atoms with Crippen molar-refractivity contribution in [2.75, 3.05) is 11.3 Å². The molecule has 0 aliphatic rings. The number of carbonyl (C=O) groups is 1. The van der Waals surface area contributed by atoms with E-state index in [-0.39, 0.29) is 17.0 Å². The van der Waals surface area contributed by atoms with Gasteiger partial charge in [0.05, 0.1) is 11.3 Å². The largest absolute Gasteiger partial charge is 0.478 e. The summed E-state index contributed by atoms with van der Waals surface area (Å²) in [6.07, 6.45) is 0.925. The molecule has 0 spiro atoms. The van der Waals surface area contributed by atoms with E-state index in [1.807, 2.05) is 18.2 Å². The summed E-state index contributed by atoms with van der Waals surface area (Å²) in [6.45, 7) is 14.1. The van der Waals surface area contributed by atoms with E-state index in [2.05, 4.69) is 93.0 Å². The maximum atomic E-state index is 11.4. The molecule has 0 aliphatic carbocycles. The summed E-state index contributed by atoms with van der Waals surface area (Å²) in [6, 6.07) is 23.5. The molecule has 220 valence electrons. The zero-order valence-corrected chi connectivity index (χ0v) is 26.0. The number of aromatic nitrogens is 2. The predicted octanol–water partition coefficient (Wildman–Crippen LogP) is 7.86. The number of nitrogens with one attached hydrogen (secondary N) is 2. The Morgan fingerprint density at radius 3 is 2.31 bits per heavy atom. The average molecular weight is 585 g/mol. The number of aromatic carboxylic acids is 1. The third kappa shape index (κ3) is 9.06. The molecule has 1 atom stereocenters. The van der Waals surface area contributed by atoms with Crippen molar-refractivity contribution in [3.8, 4) is 17.1 Å². The van der Waals surface area contributed by atoms with Crippen LogP contribution in [0.5, 0.6) is 5.88 Å². The molecule has 3 aromatic carbocycles. The Morgan fingerprint density at radius 1 is 0.952 bits per heavy atom. The molecule has 42 heavy (non-hydrogen) atoms. The summed E-state index contributed by atoms with van der Waals surface area (Å²) in [5.74, 6) is -0.112. The van der Waals surface area contributed by atoms with E-state index in [1.54, 1.807) is 18.2 Å². The van der Waals surface area contributed by atoms with E-state index in [0.717, 1.165) is 40.2 Å². The zero-order valence-electron chi connectivity index (χ0n) is 25.2. The van der Waals surface area contributed by atoms with Crippen LogP contribution >= 0.6 is 11.9 Å². The van der Waals surface area contributed by atoms with E-state index in [0.29, 0.717) is 18.4 Å². The molecule has 4 rings (SSSR count). The molecule has 0 saturated heterocycles. The van der Waals surface area contributed by atoms with Crippen molar-refractivity contribution >= 4 is 23.9 Å². The Morgan fingerprint density at radius 2 is 1.64 bits per heavy atom. The van der Waals surface area contributed by atoms with Gasteiger partial charge in [-0.25, -0.2) is 9.78 Å². The van der Waals surface area contributed by atoms with Crippen LogP contribution in [-0.2, 0) is 6.54 Å². The lowest BCUT2D eigenvalue weighted by molar-refractivity contribution is 0.0696. The quantitative estimate of drug-likeness (QED) is 0.145. The summed E-state index contributed by atoms with van der Waals surface area (Å²) in [5, 5.41) is 13.0. The lowest BCUT2D eigenvalue weighted by Gasteiger charge is -2.27. The van der Waals surface area contributed by atoms with Crippen LogP contribution in [0.2, 0.25) is 0 Å². The third-order valence-electron chi connectivity index (χ3n) is 6.79. The number of rotatable bonds is 12. The fourth-order valence-electron chi connectivity index (χ4n) is 4.77. The van der Waals surface area contributed by atoms with Gasteiger partial charge in [0, 0.05) is 29.1 Å². The van der Waals surface area contributed by atoms with Crippen LogP contribution in [-0.4, -0.2) is 33.7 Å². The zero-order chi connectivity index (χ0) is 30.3. The van der Waals surface area contributed by atoms with Gasteiger partial charge in [0.15, 0.2) is 0 Å². The second-order valence-corrected chi connectivity index (χ2v) is 12.7. The first-order valence-corrected chi connectivity index (χ1v) is 14.9. The average Bonchev–Trinajstić information content (AvgIpc) is 2.93. The summed E-state index contributed by atoms with van der Waals surface area (Å²) < 4.78 is 9.57. The van der Waals surface area contributed by atoms with Gasteiger partial charge in [-0.1, -0.05) is 74.9 Å². The van der Waals surface area contributed by atoms with Gasteiger partial charge in [-0.05, 0) is 79.4 Å². The monoisotopic (exact) mass is 584 g/mol. The Hall–Kier alpha value is -3.88. The molecule has 1 aromatic heterocycles. The molecule has 1 heterocycles. The van der Waals surface area contributed by atoms with E-state index in [1.165, 1.54) is 23.1 Å². The van der Waals surface area contributed by atoms with Crippen LogP contribution in [0.1, 0.15) is 59.8 Å². The SMILES string of the molecule is Cc1ccc(CNC(COc2cc(-c3c(C)cccc3C)nc(NSc3cccc(C(=O)O)c3)n2)CC(C)(C)C)cc1. The maximum absolute atomic E-state index is 11.4. The second kappa shape index (κ2) is 13.9. The number of anilines is 1. The number of hydrogen-bond acceptors (Lipinski definition) is 7. The topological polar surface area (TPSA) is 96.4 Å². The van der Waals surface area contributed by atoms with Crippen LogP contribution in [0.25, 0.3) is 11.3 Å². The van der Waals surface area contributed by atoms with Crippen LogP contribution in [0, 0.1) is 26.2 Å². The highest BCUT2D eigenvalue weighted by atomic mass is 32.2. The number of aryl methyl sites for hydroxylation is 3. The molecule has 4 aromatic rings. The minimum Gasteiger partial charge on any atom is -0.478 e. The number of carboxylic acids is 1. The predicted molar refractivity (Wildman–Crippen MR) is 171 cm³/mol. The summed E-state index contributed by atoms with van der Waals surface area (Å²) in [7, 11) is 0. The molecular formula is C34H40N4O3S. The van der Waals surface area contributed by atoms with Gasteiger partial charge in [-0.2, -0.15) is 4.98 Å². The first-order chi connectivity index (χ1) is 20.0. The summed E-state index contributed by atoms with van der Waals surface area (Å²) >= 11 is 1.26. The second-order valence-electron chi connectivity index (χ2n) is 11.9. The van der Waals surface area contributed by atoms with Crippen molar-refractivity contribution < 1.29 is 14.6 Å². The van der Waals surface area contributed by atoms with Crippen molar-refractivity contribution in [2.24, 2.45) is 5.41 Å². The van der Waals surface area contributed by atoms with E-state index >= 15 is 0 Å². The minimum absolute atomic E-state index is 0.106. The molecule has 0 saturated carbocycles. The number of carboxylic acid groups (broad SMARTS) is 1. The van der Waals surface area contributed by atoms with Gasteiger partial charge in [0.2, 0.25) is 11.8 Å². The van der Waals surface area contributed by atoms with Crippen molar-refractivity contribution in [1.29, 1.82) is 0 Å². The highest BCUT2D eigenvalue weighted by molar-refractivity contribution is 8.00. The fourth-order valence-corrected chi connectivity index (χ4v) is 5.40. The van der Waals surface area contributed by atoms with Crippen molar-refractivity contribution in [2.45, 2.75) is 65.4 Å². The molecule has 0 aliphatic heterocycles. The number of nitrogens with zero attached hydrogens (tertiary/aromatic N) is 2. The van der Waals surface area contributed by atoms with Gasteiger partial charge in [0.25, 0.3) is 0 Å². The van der Waals surface area contributed by atoms with E-state index in [4.69, 9.17) is 9.72 Å². The highest BCUT2D eigenvalue weighted by Crippen LogP contribution is 2.30. The summed E-state index contributed by atoms with van der Waals surface area (Å²) in [5.41, 5.74) is 6.82. The summed E-state index contributed by atoms with van der Waals surface area (Å²) in [4.78, 5) is 21.6. The standard InChI is InChI=1S/C34H40N4O3S/c1-22-13-15-25(16-14-22)20-35-27(19-34(4,5)6)21-41-30-18-29(31-23(2)9-7-10-24(31)3)36-33(37-30)38-42-28-12-8-11-26(17-28)32(39)40/h7-18,27,35H,19-21H2,1-6H3,(H,39,40)(H,36,37,38). The van der Waals surface area contributed by atoms with Gasteiger partial charge in [0.1, 0.15) is 6.61 Å². The first-order valence-electron chi connectivity index (χ1n) is 14.1. The molecule has 0 fully saturated rings. The first kappa shape index (κ1) is 31.1. The maximum Gasteiger partial charge on any atom is 0.335 e. The molecule has 1 unspecified atom stereocenters. The molecular weight excluding hydrogens is 544 g/mol. The molecule has 8 heteroatoms. The number of hydrogen-bond donors (Lipinski definition) is 3. The number of ether oxygens (including phenoxy) is 1. The fraction of sp³-hybridized carbons (Fsp3) is 0.324. The van der Waals surface area contributed by atoms with Gasteiger partial charge in [-0.15, -0.1) is 0 Å². The van der Waals surface area contributed by atoms with E-state index in [9.17, 15) is 9.90 Å². The van der Waals surface area contributed by atoms with Crippen LogP contribution in [0.15, 0.2) is 77.7 Å². The molecule has 0 radical (unpaired) electrons. The molecule has 3 N–H and O–H groups in total. The van der Waals surface area contributed by atoms with Crippen LogP contribution in [0.3, 0.4) is 0 Å². The lowest BCUT2D eigenvalue weighted by Crippen LogP contribution is -2.37. The normalized spacial score (nSPS) is 12.1. The van der Waals surface area contributed by atoms with E-state index < -0.39 is 5.97 Å². The molecule has 7 nitrogen and oxygen atoms in total. The lowest BCUT2D eigenvalue weighted by atomic mass is 9.88. The number of benzene rings is 3.